The highest BCUT2D eigenvalue weighted by molar-refractivity contribution is 5.85. The van der Waals surface area contributed by atoms with Gasteiger partial charge in [0, 0.05) is 24.4 Å². The number of hydrogen-bond donors (Lipinski definition) is 1. The van der Waals surface area contributed by atoms with E-state index in [1.165, 1.54) is 24.0 Å². The van der Waals surface area contributed by atoms with Crippen LogP contribution in [0.1, 0.15) is 66.0 Å². The van der Waals surface area contributed by atoms with Gasteiger partial charge in [-0.05, 0) is 86.7 Å². The van der Waals surface area contributed by atoms with Crippen molar-refractivity contribution in [3.63, 3.8) is 0 Å². The molecule has 0 radical (unpaired) electrons. The quantitative estimate of drug-likeness (QED) is 0.404. The summed E-state index contributed by atoms with van der Waals surface area (Å²) in [6, 6.07) is 4.60. The minimum atomic E-state index is -4.97. The predicted molar refractivity (Wildman–Crippen MR) is 127 cm³/mol. The highest BCUT2D eigenvalue weighted by Gasteiger charge is 2.44. The van der Waals surface area contributed by atoms with Crippen molar-refractivity contribution >= 4 is 18.3 Å². The summed E-state index contributed by atoms with van der Waals surface area (Å²) in [5.74, 6) is -1.54. The minimum absolute atomic E-state index is 0. The first-order valence-corrected chi connectivity index (χ1v) is 11.9. The molecule has 2 fully saturated rings. The Morgan fingerprint density at radius 3 is 2.08 bits per heavy atom. The second-order valence-corrected chi connectivity index (χ2v) is 9.70. The number of alkyl halides is 6. The van der Waals surface area contributed by atoms with Gasteiger partial charge in [-0.3, -0.25) is 4.79 Å². The molecule has 1 saturated heterocycles. The molecule has 1 N–H and O–H groups in total. The third kappa shape index (κ3) is 6.39. The maximum atomic E-state index is 13.9. The number of hydrogen-bond acceptors (Lipinski definition) is 2. The van der Waals surface area contributed by atoms with Crippen molar-refractivity contribution in [2.45, 2.75) is 63.5 Å². The monoisotopic (exact) mass is 552 g/mol. The highest BCUT2D eigenvalue weighted by atomic mass is 35.5. The van der Waals surface area contributed by atoms with E-state index in [0.29, 0.717) is 50.0 Å². The summed E-state index contributed by atoms with van der Waals surface area (Å²) in [5.41, 5.74) is -1.53. The van der Waals surface area contributed by atoms with Gasteiger partial charge in [0.25, 0.3) is 0 Å². The lowest BCUT2D eigenvalue weighted by atomic mass is 9.78. The molecule has 1 heterocycles. The van der Waals surface area contributed by atoms with E-state index in [1.54, 1.807) is 13.0 Å². The zero-order valence-electron chi connectivity index (χ0n) is 20.2. The fourth-order valence-electron chi connectivity index (χ4n) is 5.15. The van der Waals surface area contributed by atoms with Crippen molar-refractivity contribution in [1.29, 1.82) is 0 Å². The van der Waals surface area contributed by atoms with Crippen molar-refractivity contribution in [2.75, 3.05) is 13.1 Å². The molecule has 1 amide bonds. The van der Waals surface area contributed by atoms with Crippen LogP contribution < -0.4 is 5.32 Å². The Kier molecular flexibility index (Phi) is 8.54. The molecule has 0 spiro atoms. The Balaban J connectivity index is 0.00000380. The topological polar surface area (TPSA) is 32.3 Å². The molecule has 3 atom stereocenters. The van der Waals surface area contributed by atoms with Crippen LogP contribution in [0.4, 0.5) is 30.7 Å². The van der Waals surface area contributed by atoms with Crippen molar-refractivity contribution in [1.82, 2.24) is 10.2 Å². The predicted octanol–water partition coefficient (Wildman–Crippen LogP) is 7.04. The average Bonchev–Trinajstić information content (AvgIpc) is 3.63. The largest absolute Gasteiger partial charge is 0.416 e. The fraction of sp³-hybridized carbons (Fsp3) is 0.500. The first kappa shape index (κ1) is 29.2. The normalized spacial score (nSPS) is 21.2. The highest BCUT2D eigenvalue weighted by Crippen LogP contribution is 2.43. The molecule has 0 aromatic heterocycles. The molecule has 2 aromatic carbocycles. The number of nitrogens with one attached hydrogen (secondary N) is 1. The number of nitrogens with zero attached hydrogens (tertiary/aromatic N) is 1. The van der Waals surface area contributed by atoms with Crippen LogP contribution in [0.2, 0.25) is 0 Å². The lowest BCUT2D eigenvalue weighted by Crippen LogP contribution is -2.47. The zero-order valence-corrected chi connectivity index (χ0v) is 21.0. The van der Waals surface area contributed by atoms with Crippen LogP contribution in [-0.4, -0.2) is 29.9 Å². The molecule has 1 aliphatic carbocycles. The second kappa shape index (κ2) is 10.8. The van der Waals surface area contributed by atoms with Gasteiger partial charge >= 0.3 is 12.4 Å². The molecule has 2 aromatic rings. The third-order valence-corrected chi connectivity index (χ3v) is 7.13. The molecule has 3 unspecified atom stereocenters. The van der Waals surface area contributed by atoms with Gasteiger partial charge in [-0.2, -0.15) is 26.3 Å². The van der Waals surface area contributed by atoms with Gasteiger partial charge in [0.2, 0.25) is 5.91 Å². The molecular formula is C26H28ClF7N2O. The first-order valence-electron chi connectivity index (χ1n) is 11.9. The van der Waals surface area contributed by atoms with Gasteiger partial charge in [0.15, 0.2) is 0 Å². The summed E-state index contributed by atoms with van der Waals surface area (Å²) in [6.07, 6.45) is -8.22. The van der Waals surface area contributed by atoms with Gasteiger partial charge in [0.05, 0.1) is 17.2 Å². The zero-order chi connectivity index (χ0) is 26.4. The Morgan fingerprint density at radius 1 is 0.973 bits per heavy atom. The van der Waals surface area contributed by atoms with Crippen LogP contribution >= 0.6 is 12.4 Å². The molecule has 3 nitrogen and oxygen atoms in total. The molecule has 4 rings (SSSR count). The van der Waals surface area contributed by atoms with Gasteiger partial charge in [-0.1, -0.05) is 6.07 Å². The van der Waals surface area contributed by atoms with Gasteiger partial charge < -0.3 is 10.2 Å². The Morgan fingerprint density at radius 2 is 1.57 bits per heavy atom. The number of carbonyl (C=O) groups is 1. The molecule has 0 bridgehead atoms. The van der Waals surface area contributed by atoms with Gasteiger partial charge in [0.1, 0.15) is 5.82 Å². The van der Waals surface area contributed by atoms with Crippen LogP contribution in [-0.2, 0) is 17.1 Å². The number of carbonyl (C=O) groups excluding carboxylic acids is 1. The van der Waals surface area contributed by atoms with Crippen LogP contribution in [0.5, 0.6) is 0 Å². The number of rotatable bonds is 5. The molecule has 11 heteroatoms. The summed E-state index contributed by atoms with van der Waals surface area (Å²) in [6.45, 7) is 4.22. The van der Waals surface area contributed by atoms with Gasteiger partial charge in [-0.25, -0.2) is 4.39 Å². The third-order valence-electron chi connectivity index (χ3n) is 7.13. The fourth-order valence-corrected chi connectivity index (χ4v) is 5.15. The lowest BCUT2D eigenvalue weighted by Gasteiger charge is -2.39. The molecule has 37 heavy (non-hydrogen) atoms. The lowest BCUT2D eigenvalue weighted by molar-refractivity contribution is -0.143. The number of piperidine rings is 1. The molecule has 2 aliphatic rings. The van der Waals surface area contributed by atoms with Gasteiger partial charge in [-0.15, -0.1) is 12.4 Å². The standard InChI is InChI=1S/C26H27F7N2O.ClH/c1-14-9-19(27)3-6-21(14)23-13-34-8-7-22(23)24(36)35(20-4-5-20)15(2)16-10-17(25(28,29)30)12-18(11-16)26(31,32)33;/h3,6,9-12,15,20,22-23,34H,4-5,7-8,13H2,1-2H3;1H. The summed E-state index contributed by atoms with van der Waals surface area (Å²) in [4.78, 5) is 15.4. The number of benzene rings is 2. The van der Waals surface area contributed by atoms with E-state index in [1.807, 2.05) is 0 Å². The van der Waals surface area contributed by atoms with E-state index < -0.39 is 41.3 Å². The van der Waals surface area contributed by atoms with Crippen LogP contribution in [0.15, 0.2) is 36.4 Å². The second-order valence-electron chi connectivity index (χ2n) is 9.70. The average molecular weight is 553 g/mol. The Bertz CT molecular complexity index is 1100. The van der Waals surface area contributed by atoms with Crippen molar-refractivity contribution in [3.8, 4) is 0 Å². The first-order chi connectivity index (χ1) is 16.8. The van der Waals surface area contributed by atoms with E-state index in [9.17, 15) is 35.5 Å². The smallest absolute Gasteiger partial charge is 0.333 e. The maximum absolute atomic E-state index is 13.9. The number of amides is 1. The summed E-state index contributed by atoms with van der Waals surface area (Å²) < 4.78 is 94.4. The van der Waals surface area contributed by atoms with Crippen LogP contribution in [0, 0.1) is 18.7 Å². The Labute approximate surface area is 216 Å². The summed E-state index contributed by atoms with van der Waals surface area (Å²) >= 11 is 0. The summed E-state index contributed by atoms with van der Waals surface area (Å²) in [7, 11) is 0. The molecule has 1 saturated carbocycles. The summed E-state index contributed by atoms with van der Waals surface area (Å²) in [5, 5.41) is 3.24. The van der Waals surface area contributed by atoms with Crippen molar-refractivity contribution in [2.24, 2.45) is 5.92 Å². The van der Waals surface area contributed by atoms with Crippen molar-refractivity contribution < 1.29 is 35.5 Å². The van der Waals surface area contributed by atoms with E-state index in [-0.39, 0.29) is 41.9 Å². The van der Waals surface area contributed by atoms with Crippen LogP contribution in [0.3, 0.4) is 0 Å². The Hall–Kier alpha value is -2.33. The minimum Gasteiger partial charge on any atom is -0.333 e. The van der Waals surface area contributed by atoms with Crippen LogP contribution in [0.25, 0.3) is 0 Å². The van der Waals surface area contributed by atoms with Crippen molar-refractivity contribution in [3.05, 3.63) is 70.0 Å². The van der Waals surface area contributed by atoms with E-state index in [0.717, 1.165) is 5.56 Å². The number of halogens is 8. The molecule has 1 aliphatic heterocycles. The SMILES string of the molecule is Cc1cc(F)ccc1C1CNCCC1C(=O)N(C1CC1)C(C)c1cc(C(F)(F)F)cc(C(F)(F)F)c1.Cl. The maximum Gasteiger partial charge on any atom is 0.416 e. The molecular weight excluding hydrogens is 525 g/mol. The number of aryl methyl sites for hydroxylation is 1. The van der Waals surface area contributed by atoms with E-state index in [2.05, 4.69) is 5.32 Å². The van der Waals surface area contributed by atoms with E-state index in [4.69, 9.17) is 0 Å². The molecule has 204 valence electrons. The van der Waals surface area contributed by atoms with E-state index >= 15 is 0 Å².